The van der Waals surface area contributed by atoms with Crippen LogP contribution >= 0.6 is 11.6 Å². The quantitative estimate of drug-likeness (QED) is 0.347. The summed E-state index contributed by atoms with van der Waals surface area (Å²) in [6.07, 6.45) is 1.37. The molecule has 11 heteroatoms. The van der Waals surface area contributed by atoms with E-state index in [9.17, 15) is 24.6 Å². The predicted molar refractivity (Wildman–Crippen MR) is 130 cm³/mol. The molecule has 0 spiro atoms. The van der Waals surface area contributed by atoms with Crippen molar-refractivity contribution in [3.63, 3.8) is 0 Å². The number of halogens is 1. The molecule has 0 atom stereocenters. The maximum absolute atomic E-state index is 12.6. The Bertz CT molecular complexity index is 1520. The van der Waals surface area contributed by atoms with Crippen LogP contribution in [0.5, 0.6) is 11.6 Å². The molecule has 4 aromatic rings. The van der Waals surface area contributed by atoms with Crippen LogP contribution in [-0.2, 0) is 22.7 Å². The van der Waals surface area contributed by atoms with E-state index >= 15 is 0 Å². The van der Waals surface area contributed by atoms with Crippen LogP contribution in [0.2, 0.25) is 5.02 Å². The summed E-state index contributed by atoms with van der Waals surface area (Å²) in [7, 11) is 0. The number of nitrogens with zero attached hydrogens (tertiary/aromatic N) is 4. The number of pyridine rings is 1. The van der Waals surface area contributed by atoms with Crippen LogP contribution in [0, 0.1) is 6.92 Å². The zero-order valence-corrected chi connectivity index (χ0v) is 19.2. The average Bonchev–Trinajstić information content (AvgIpc) is 3.10. The molecular weight excluding hydrogens is 474 g/mol. The van der Waals surface area contributed by atoms with E-state index in [-0.39, 0.29) is 30.4 Å². The number of hydrogen-bond donors (Lipinski definition) is 3. The summed E-state index contributed by atoms with van der Waals surface area (Å²) in [5, 5.41) is 32.0. The molecule has 0 radical (unpaired) electrons. The molecule has 0 unspecified atom stereocenters. The van der Waals surface area contributed by atoms with Gasteiger partial charge in [-0.25, -0.2) is 0 Å². The summed E-state index contributed by atoms with van der Waals surface area (Å²) < 4.78 is 2.73. The van der Waals surface area contributed by atoms with Gasteiger partial charge in [0.15, 0.2) is 11.4 Å². The Balaban J connectivity index is 1.57. The van der Waals surface area contributed by atoms with Gasteiger partial charge in [0.25, 0.3) is 5.91 Å². The first-order chi connectivity index (χ1) is 16.7. The van der Waals surface area contributed by atoms with Gasteiger partial charge < -0.3 is 24.7 Å². The highest BCUT2D eigenvalue weighted by atomic mass is 35.5. The van der Waals surface area contributed by atoms with Crippen LogP contribution in [0.3, 0.4) is 0 Å². The van der Waals surface area contributed by atoms with E-state index < -0.39 is 23.0 Å². The third kappa shape index (κ3) is 5.07. The van der Waals surface area contributed by atoms with Gasteiger partial charge in [-0.3, -0.25) is 14.4 Å². The first-order valence-corrected chi connectivity index (χ1v) is 10.8. The van der Waals surface area contributed by atoms with Crippen molar-refractivity contribution in [2.24, 2.45) is 10.2 Å². The van der Waals surface area contributed by atoms with E-state index in [2.05, 4.69) is 15.5 Å². The largest absolute Gasteiger partial charge is 0.503 e. The lowest BCUT2D eigenvalue weighted by atomic mass is 10.2. The van der Waals surface area contributed by atoms with E-state index in [1.807, 2.05) is 0 Å². The van der Waals surface area contributed by atoms with Gasteiger partial charge in [0.2, 0.25) is 17.2 Å². The summed E-state index contributed by atoms with van der Waals surface area (Å²) in [5.41, 5.74) is 0.772. The summed E-state index contributed by atoms with van der Waals surface area (Å²) in [6.45, 7) is 1.01. The fourth-order valence-corrected chi connectivity index (χ4v) is 3.65. The van der Waals surface area contributed by atoms with Gasteiger partial charge in [-0.1, -0.05) is 29.8 Å². The smallest absolute Gasteiger partial charge is 0.284 e. The Morgan fingerprint density at radius 3 is 2.49 bits per heavy atom. The molecule has 0 saturated carbocycles. The van der Waals surface area contributed by atoms with Gasteiger partial charge in [-0.15, -0.1) is 10.2 Å². The molecule has 2 heterocycles. The monoisotopic (exact) mass is 493 g/mol. The average molecular weight is 494 g/mol. The minimum absolute atomic E-state index is 0.0349. The van der Waals surface area contributed by atoms with Gasteiger partial charge in [-0.05, 0) is 37.3 Å². The molecular formula is C24H20ClN5O5. The zero-order valence-electron chi connectivity index (χ0n) is 18.5. The minimum Gasteiger partial charge on any atom is -0.503 e. The number of aromatic nitrogens is 2. The third-order valence-electron chi connectivity index (χ3n) is 5.33. The molecule has 4 rings (SSSR count). The Labute approximate surface area is 203 Å². The second-order valence-corrected chi connectivity index (χ2v) is 8.10. The van der Waals surface area contributed by atoms with Gasteiger partial charge >= 0.3 is 0 Å². The maximum atomic E-state index is 12.6. The van der Waals surface area contributed by atoms with Crippen molar-refractivity contribution in [3.8, 4) is 11.6 Å². The first-order valence-electron chi connectivity index (χ1n) is 10.4. The molecule has 2 aromatic carbocycles. The van der Waals surface area contributed by atoms with Gasteiger partial charge in [0.05, 0.1) is 11.2 Å². The number of rotatable bonds is 6. The fourth-order valence-electron chi connectivity index (χ4n) is 3.52. The molecule has 0 saturated heterocycles. The fraction of sp³-hybridized carbons (Fsp3) is 0.125. The maximum Gasteiger partial charge on any atom is 0.284 e. The highest BCUT2D eigenvalue weighted by molar-refractivity contribution is 6.30. The molecule has 0 bridgehead atoms. The Hall–Kier alpha value is -4.44. The van der Waals surface area contributed by atoms with Gasteiger partial charge in [0.1, 0.15) is 13.1 Å². The number of carbonyl (C=O) groups excluding carboxylic acids is 2. The minimum atomic E-state index is -0.673. The predicted octanol–water partition coefficient (Wildman–Crippen LogP) is 4.13. The summed E-state index contributed by atoms with van der Waals surface area (Å²) >= 11 is 5.87. The molecule has 178 valence electrons. The zero-order chi connectivity index (χ0) is 25.1. The highest BCUT2D eigenvalue weighted by Gasteiger charge is 2.19. The van der Waals surface area contributed by atoms with Crippen molar-refractivity contribution in [2.45, 2.75) is 20.0 Å². The van der Waals surface area contributed by atoms with Crippen LogP contribution < -0.4 is 10.7 Å². The van der Waals surface area contributed by atoms with E-state index in [4.69, 9.17) is 11.6 Å². The number of amides is 2. The summed E-state index contributed by atoms with van der Waals surface area (Å²) in [5.74, 6) is -1.84. The summed E-state index contributed by atoms with van der Waals surface area (Å²) in [6, 6.07) is 14.6. The normalized spacial score (nSPS) is 11.3. The lowest BCUT2D eigenvalue weighted by molar-refractivity contribution is -0.119. The summed E-state index contributed by atoms with van der Waals surface area (Å²) in [4.78, 5) is 36.5. The number of para-hydroxylation sites is 1. The highest BCUT2D eigenvalue weighted by Crippen LogP contribution is 2.38. The second kappa shape index (κ2) is 9.82. The molecule has 0 aliphatic heterocycles. The second-order valence-electron chi connectivity index (χ2n) is 7.67. The van der Waals surface area contributed by atoms with Crippen molar-refractivity contribution < 1.29 is 19.8 Å². The molecule has 3 N–H and O–H groups in total. The Morgan fingerprint density at radius 2 is 1.74 bits per heavy atom. The van der Waals surface area contributed by atoms with Crippen LogP contribution in [0.4, 0.5) is 11.4 Å². The molecule has 0 aliphatic carbocycles. The Morgan fingerprint density at radius 1 is 1.03 bits per heavy atom. The van der Waals surface area contributed by atoms with Crippen LogP contribution in [0.1, 0.15) is 5.69 Å². The third-order valence-corrected chi connectivity index (χ3v) is 5.58. The lowest BCUT2D eigenvalue weighted by Gasteiger charge is -2.08. The van der Waals surface area contributed by atoms with E-state index in [0.29, 0.717) is 21.6 Å². The Kier molecular flexibility index (Phi) is 6.65. The lowest BCUT2D eigenvalue weighted by Crippen LogP contribution is -2.18. The van der Waals surface area contributed by atoms with Gasteiger partial charge in [0, 0.05) is 28.4 Å². The van der Waals surface area contributed by atoms with E-state index in [1.165, 1.54) is 22.3 Å². The number of aromatic hydroxyl groups is 2. The number of benzene rings is 2. The molecule has 10 nitrogen and oxygen atoms in total. The number of fused-ring (bicyclic) bond motifs is 1. The number of anilines is 1. The number of nitrogens with one attached hydrogen (secondary N) is 1. The van der Waals surface area contributed by atoms with Crippen molar-refractivity contribution in [3.05, 3.63) is 81.7 Å². The van der Waals surface area contributed by atoms with Crippen LogP contribution in [-0.4, -0.2) is 31.2 Å². The molecule has 0 aliphatic rings. The van der Waals surface area contributed by atoms with E-state index in [1.54, 1.807) is 48.5 Å². The van der Waals surface area contributed by atoms with E-state index in [0.717, 1.165) is 6.07 Å². The van der Waals surface area contributed by atoms with Crippen LogP contribution in [0.25, 0.3) is 10.9 Å². The number of azo groups is 1. The van der Waals surface area contributed by atoms with Gasteiger partial charge in [-0.2, -0.15) is 0 Å². The van der Waals surface area contributed by atoms with Crippen molar-refractivity contribution in [1.82, 2.24) is 9.13 Å². The number of hydrogen-bond acceptors (Lipinski definition) is 6. The van der Waals surface area contributed by atoms with Crippen molar-refractivity contribution >= 4 is 45.7 Å². The molecule has 2 amide bonds. The first kappa shape index (κ1) is 23.7. The number of carbonyl (C=O) groups is 2. The van der Waals surface area contributed by atoms with Crippen molar-refractivity contribution in [1.29, 1.82) is 0 Å². The van der Waals surface area contributed by atoms with Crippen molar-refractivity contribution in [2.75, 3.05) is 5.32 Å². The molecule has 35 heavy (non-hydrogen) atoms. The standard InChI is InChI=1S/C24H20ClN5O5/c1-14-23(34)19(31)10-11-29(14)12-21(33)27-28-22-17-4-2-3-5-18(17)30(24(22)35)13-20(32)26-16-8-6-15(25)7-9-16/h2-11,34-35H,12-13H2,1H3,(H,26,32). The van der Waals surface area contributed by atoms with Crippen LogP contribution in [0.15, 0.2) is 75.8 Å². The topological polar surface area (TPSA) is 138 Å². The SMILES string of the molecule is Cc1c(O)c(=O)ccn1CC(=O)N=Nc1c(O)n(CC(=O)Nc2ccc(Cl)cc2)c2ccccc12. The molecule has 2 aromatic heterocycles. The molecule has 0 fully saturated rings.